The average Bonchev–Trinajstić information content (AvgIpc) is 2.98. The lowest BCUT2D eigenvalue weighted by molar-refractivity contribution is -0.127. The van der Waals surface area contributed by atoms with Gasteiger partial charge in [-0.15, -0.1) is 0 Å². The van der Waals surface area contributed by atoms with Crippen LogP contribution in [0.4, 0.5) is 0 Å². The third kappa shape index (κ3) is 4.73. The first kappa shape index (κ1) is 14.0. The number of carbonyl (C=O) groups is 2. The van der Waals surface area contributed by atoms with Gasteiger partial charge in [0, 0.05) is 6.54 Å². The SMILES string of the molecule is CC1CC1CNC(=O)CNC(=O)[C@@H](N)C(C)C. The summed E-state index contributed by atoms with van der Waals surface area (Å²) in [7, 11) is 0. The van der Waals surface area contributed by atoms with E-state index in [1.807, 2.05) is 13.8 Å². The fourth-order valence-corrected chi connectivity index (χ4v) is 1.58. The lowest BCUT2D eigenvalue weighted by atomic mass is 10.1. The monoisotopic (exact) mass is 241 g/mol. The maximum Gasteiger partial charge on any atom is 0.239 e. The molecular formula is C12H23N3O2. The summed E-state index contributed by atoms with van der Waals surface area (Å²) in [4.78, 5) is 22.9. The zero-order valence-electron chi connectivity index (χ0n) is 10.8. The summed E-state index contributed by atoms with van der Waals surface area (Å²) in [6, 6.07) is -0.550. The van der Waals surface area contributed by atoms with E-state index >= 15 is 0 Å². The molecule has 2 unspecified atom stereocenters. The highest BCUT2D eigenvalue weighted by atomic mass is 16.2. The van der Waals surface area contributed by atoms with Crippen LogP contribution in [0.2, 0.25) is 0 Å². The minimum absolute atomic E-state index is 0.0142. The van der Waals surface area contributed by atoms with Crippen molar-refractivity contribution in [3.8, 4) is 0 Å². The topological polar surface area (TPSA) is 84.2 Å². The molecule has 1 saturated carbocycles. The van der Waals surface area contributed by atoms with Gasteiger partial charge in [0.15, 0.2) is 0 Å². The lowest BCUT2D eigenvalue weighted by Gasteiger charge is -2.15. The largest absolute Gasteiger partial charge is 0.354 e. The molecule has 0 heterocycles. The molecule has 1 fully saturated rings. The van der Waals surface area contributed by atoms with Crippen molar-refractivity contribution in [3.63, 3.8) is 0 Å². The predicted octanol–water partition coefficient (Wildman–Crippen LogP) is -0.142. The molecule has 0 bridgehead atoms. The number of hydrogen-bond donors (Lipinski definition) is 3. The number of amides is 2. The maximum absolute atomic E-state index is 11.5. The first-order valence-corrected chi connectivity index (χ1v) is 6.21. The number of hydrogen-bond acceptors (Lipinski definition) is 3. The Bertz CT molecular complexity index is 291. The van der Waals surface area contributed by atoms with E-state index in [1.54, 1.807) is 0 Å². The normalized spacial score (nSPS) is 24.3. The van der Waals surface area contributed by atoms with Crippen LogP contribution in [0.25, 0.3) is 0 Å². The number of nitrogens with two attached hydrogens (primary N) is 1. The zero-order valence-corrected chi connectivity index (χ0v) is 10.8. The molecule has 0 saturated heterocycles. The van der Waals surface area contributed by atoms with E-state index in [4.69, 9.17) is 5.73 Å². The van der Waals surface area contributed by atoms with Crippen LogP contribution in [-0.4, -0.2) is 30.9 Å². The second kappa shape index (κ2) is 6.00. The van der Waals surface area contributed by atoms with Crippen LogP contribution in [0.15, 0.2) is 0 Å². The Morgan fingerprint density at radius 2 is 1.94 bits per heavy atom. The van der Waals surface area contributed by atoms with Crippen LogP contribution in [-0.2, 0) is 9.59 Å². The van der Waals surface area contributed by atoms with Gasteiger partial charge >= 0.3 is 0 Å². The number of rotatable bonds is 6. The molecule has 0 radical (unpaired) electrons. The molecule has 2 amide bonds. The third-order valence-corrected chi connectivity index (χ3v) is 3.28. The van der Waals surface area contributed by atoms with E-state index in [0.717, 1.165) is 5.92 Å². The molecule has 1 rings (SSSR count). The maximum atomic E-state index is 11.5. The van der Waals surface area contributed by atoms with E-state index in [0.29, 0.717) is 12.5 Å². The quantitative estimate of drug-likeness (QED) is 0.605. The minimum Gasteiger partial charge on any atom is -0.354 e. The highest BCUT2D eigenvalue weighted by Gasteiger charge is 2.32. The Balaban J connectivity index is 2.12. The highest BCUT2D eigenvalue weighted by Crippen LogP contribution is 2.36. The smallest absolute Gasteiger partial charge is 0.239 e. The van der Waals surface area contributed by atoms with Crippen molar-refractivity contribution >= 4 is 11.8 Å². The Morgan fingerprint density at radius 1 is 1.35 bits per heavy atom. The summed E-state index contributed by atoms with van der Waals surface area (Å²) in [5.74, 6) is 1.00. The summed E-state index contributed by atoms with van der Waals surface area (Å²) >= 11 is 0. The molecule has 3 atom stereocenters. The van der Waals surface area contributed by atoms with Crippen molar-refractivity contribution in [2.45, 2.75) is 33.2 Å². The molecular weight excluding hydrogens is 218 g/mol. The van der Waals surface area contributed by atoms with Crippen LogP contribution in [0, 0.1) is 17.8 Å². The summed E-state index contributed by atoms with van der Waals surface area (Å²) in [5, 5.41) is 5.35. The van der Waals surface area contributed by atoms with Crippen molar-refractivity contribution in [1.82, 2.24) is 10.6 Å². The predicted molar refractivity (Wildman–Crippen MR) is 66.1 cm³/mol. The van der Waals surface area contributed by atoms with Gasteiger partial charge in [-0.3, -0.25) is 9.59 Å². The Labute approximate surface area is 103 Å². The van der Waals surface area contributed by atoms with Crippen molar-refractivity contribution in [2.24, 2.45) is 23.5 Å². The summed E-state index contributed by atoms with van der Waals surface area (Å²) in [6.45, 7) is 6.64. The van der Waals surface area contributed by atoms with Crippen LogP contribution in [0.1, 0.15) is 27.2 Å². The van der Waals surface area contributed by atoms with Crippen molar-refractivity contribution in [3.05, 3.63) is 0 Å². The molecule has 0 aromatic rings. The Hall–Kier alpha value is -1.10. The van der Waals surface area contributed by atoms with E-state index in [9.17, 15) is 9.59 Å². The third-order valence-electron chi connectivity index (χ3n) is 3.28. The van der Waals surface area contributed by atoms with Gasteiger partial charge in [0.05, 0.1) is 12.6 Å². The summed E-state index contributed by atoms with van der Waals surface area (Å²) < 4.78 is 0. The first-order chi connectivity index (χ1) is 7.91. The second-order valence-electron chi connectivity index (χ2n) is 5.26. The fraction of sp³-hybridized carbons (Fsp3) is 0.833. The fourth-order valence-electron chi connectivity index (χ4n) is 1.58. The van der Waals surface area contributed by atoms with Gasteiger partial charge in [0.1, 0.15) is 0 Å². The number of nitrogens with one attached hydrogen (secondary N) is 2. The van der Waals surface area contributed by atoms with Gasteiger partial charge < -0.3 is 16.4 Å². The lowest BCUT2D eigenvalue weighted by Crippen LogP contribution is -2.47. The minimum atomic E-state index is -0.550. The van der Waals surface area contributed by atoms with E-state index in [1.165, 1.54) is 6.42 Å². The molecule has 0 aromatic carbocycles. The summed E-state index contributed by atoms with van der Waals surface area (Å²) in [6.07, 6.45) is 1.19. The number of carbonyl (C=O) groups excluding carboxylic acids is 2. The molecule has 98 valence electrons. The average molecular weight is 241 g/mol. The van der Waals surface area contributed by atoms with E-state index in [-0.39, 0.29) is 24.3 Å². The van der Waals surface area contributed by atoms with Crippen LogP contribution in [0.3, 0.4) is 0 Å². The zero-order chi connectivity index (χ0) is 13.0. The van der Waals surface area contributed by atoms with Crippen molar-refractivity contribution < 1.29 is 9.59 Å². The molecule has 0 aliphatic heterocycles. The Kier molecular flexibility index (Phi) is 4.93. The van der Waals surface area contributed by atoms with Gasteiger partial charge in [-0.05, 0) is 24.2 Å². The molecule has 5 heteroatoms. The molecule has 5 nitrogen and oxygen atoms in total. The molecule has 0 aromatic heterocycles. The molecule has 17 heavy (non-hydrogen) atoms. The Morgan fingerprint density at radius 3 is 2.41 bits per heavy atom. The molecule has 0 spiro atoms. The van der Waals surface area contributed by atoms with Crippen molar-refractivity contribution in [1.29, 1.82) is 0 Å². The van der Waals surface area contributed by atoms with Crippen LogP contribution >= 0.6 is 0 Å². The molecule has 1 aliphatic carbocycles. The van der Waals surface area contributed by atoms with E-state index < -0.39 is 6.04 Å². The molecule has 1 aliphatic rings. The summed E-state index contributed by atoms with van der Waals surface area (Å²) in [5.41, 5.74) is 5.65. The highest BCUT2D eigenvalue weighted by molar-refractivity contribution is 5.87. The van der Waals surface area contributed by atoms with Crippen molar-refractivity contribution in [2.75, 3.05) is 13.1 Å². The van der Waals surface area contributed by atoms with Crippen LogP contribution < -0.4 is 16.4 Å². The van der Waals surface area contributed by atoms with E-state index in [2.05, 4.69) is 17.6 Å². The van der Waals surface area contributed by atoms with Gasteiger partial charge in [0.2, 0.25) is 11.8 Å². The standard InChI is InChI=1S/C12H23N3O2/c1-7(2)11(13)12(17)15-6-10(16)14-5-9-4-8(9)3/h7-9,11H,4-6,13H2,1-3H3,(H,14,16)(H,15,17)/t8?,9?,11-/m0/s1. The molecule has 4 N–H and O–H groups in total. The second-order valence-corrected chi connectivity index (χ2v) is 5.26. The van der Waals surface area contributed by atoms with Gasteiger partial charge in [-0.1, -0.05) is 20.8 Å². The van der Waals surface area contributed by atoms with Gasteiger partial charge in [-0.25, -0.2) is 0 Å². The van der Waals surface area contributed by atoms with Gasteiger partial charge in [0.25, 0.3) is 0 Å². The van der Waals surface area contributed by atoms with Crippen LogP contribution in [0.5, 0.6) is 0 Å². The first-order valence-electron chi connectivity index (χ1n) is 6.21. The van der Waals surface area contributed by atoms with Gasteiger partial charge in [-0.2, -0.15) is 0 Å².